The molecule has 1 saturated carbocycles. The van der Waals surface area contributed by atoms with E-state index >= 15 is 0 Å². The number of rotatable bonds is 4. The topological polar surface area (TPSA) is 62.2 Å². The second-order valence-corrected chi connectivity index (χ2v) is 5.36. The summed E-state index contributed by atoms with van der Waals surface area (Å²) in [5.74, 6) is 0.119. The minimum absolute atomic E-state index is 0.00380. The Morgan fingerprint density at radius 1 is 1.47 bits per heavy atom. The normalized spacial score (nSPS) is 24.7. The Morgan fingerprint density at radius 3 is 2.95 bits per heavy atom. The average molecular weight is 262 g/mol. The maximum Gasteiger partial charge on any atom is 0.220 e. The minimum atomic E-state index is -0.315. The van der Waals surface area contributed by atoms with E-state index in [2.05, 4.69) is 10.3 Å². The van der Waals surface area contributed by atoms with Gasteiger partial charge in [-0.25, -0.2) is 0 Å². The van der Waals surface area contributed by atoms with E-state index in [1.165, 1.54) is 0 Å². The maximum absolute atomic E-state index is 12.0. The first-order valence-corrected chi connectivity index (χ1v) is 7.05. The summed E-state index contributed by atoms with van der Waals surface area (Å²) in [6.07, 6.45) is 5.79. The summed E-state index contributed by atoms with van der Waals surface area (Å²) in [6, 6.07) is 5.58. The molecule has 1 fully saturated rings. The number of nitrogens with one attached hydrogen (secondary N) is 1. The van der Waals surface area contributed by atoms with Gasteiger partial charge in [-0.05, 0) is 37.8 Å². The van der Waals surface area contributed by atoms with Gasteiger partial charge in [-0.2, -0.15) is 0 Å². The second kappa shape index (κ2) is 6.66. The molecule has 1 amide bonds. The van der Waals surface area contributed by atoms with Crippen LogP contribution >= 0.6 is 0 Å². The summed E-state index contributed by atoms with van der Waals surface area (Å²) in [5.41, 5.74) is 0.861. The molecule has 1 aromatic heterocycles. The molecule has 104 valence electrons. The summed E-state index contributed by atoms with van der Waals surface area (Å²) in [6.45, 7) is 1.93. The molecule has 2 N–H and O–H groups in total. The molecule has 0 spiro atoms. The molecule has 3 atom stereocenters. The van der Waals surface area contributed by atoms with Crippen LogP contribution in [0.2, 0.25) is 0 Å². The highest BCUT2D eigenvalue weighted by Crippen LogP contribution is 2.27. The van der Waals surface area contributed by atoms with E-state index in [1.807, 2.05) is 25.1 Å². The van der Waals surface area contributed by atoms with Crippen molar-refractivity contribution < 1.29 is 9.90 Å². The van der Waals surface area contributed by atoms with E-state index < -0.39 is 0 Å². The zero-order chi connectivity index (χ0) is 13.7. The van der Waals surface area contributed by atoms with Gasteiger partial charge in [0.1, 0.15) is 0 Å². The zero-order valence-corrected chi connectivity index (χ0v) is 11.4. The summed E-state index contributed by atoms with van der Waals surface area (Å²) < 4.78 is 0. The van der Waals surface area contributed by atoms with Crippen molar-refractivity contribution in [3.05, 3.63) is 30.1 Å². The number of hydrogen-bond donors (Lipinski definition) is 2. The summed E-state index contributed by atoms with van der Waals surface area (Å²) in [7, 11) is 0. The van der Waals surface area contributed by atoms with Crippen molar-refractivity contribution in [3.8, 4) is 0 Å². The lowest BCUT2D eigenvalue weighted by Gasteiger charge is -2.27. The molecule has 0 radical (unpaired) electrons. The Balaban J connectivity index is 1.84. The molecule has 1 heterocycles. The number of amides is 1. The molecule has 4 nitrogen and oxygen atoms in total. The summed E-state index contributed by atoms with van der Waals surface area (Å²) in [5, 5.41) is 12.8. The number of aliphatic hydroxyl groups is 1. The van der Waals surface area contributed by atoms with Gasteiger partial charge in [0.15, 0.2) is 0 Å². The van der Waals surface area contributed by atoms with Gasteiger partial charge in [-0.3, -0.25) is 9.78 Å². The highest BCUT2D eigenvalue weighted by Gasteiger charge is 2.25. The van der Waals surface area contributed by atoms with Crippen molar-refractivity contribution in [2.45, 2.75) is 51.2 Å². The molecule has 19 heavy (non-hydrogen) atoms. The van der Waals surface area contributed by atoms with Crippen LogP contribution in [0.4, 0.5) is 0 Å². The molecule has 1 aliphatic rings. The van der Waals surface area contributed by atoms with Crippen LogP contribution in [-0.4, -0.2) is 22.1 Å². The lowest BCUT2D eigenvalue weighted by atomic mass is 9.84. The first-order chi connectivity index (χ1) is 9.16. The number of aromatic nitrogens is 1. The SMILES string of the molecule is CC(NC(=O)C[C@@H]1CCCC[C@H]1O)c1ccccn1. The molecule has 1 aromatic rings. The Bertz CT molecular complexity index is 408. The van der Waals surface area contributed by atoms with Crippen molar-refractivity contribution in [1.82, 2.24) is 10.3 Å². The van der Waals surface area contributed by atoms with Gasteiger partial charge in [0.2, 0.25) is 5.91 Å². The fourth-order valence-corrected chi connectivity index (χ4v) is 2.67. The summed E-state index contributed by atoms with van der Waals surface area (Å²) in [4.78, 5) is 16.2. The number of hydrogen-bond acceptors (Lipinski definition) is 3. The third-order valence-electron chi connectivity index (χ3n) is 3.83. The predicted molar refractivity (Wildman–Crippen MR) is 73.4 cm³/mol. The van der Waals surface area contributed by atoms with Crippen LogP contribution in [0.25, 0.3) is 0 Å². The number of carbonyl (C=O) groups excluding carboxylic acids is 1. The molecule has 0 aliphatic heterocycles. The fraction of sp³-hybridized carbons (Fsp3) is 0.600. The van der Waals surface area contributed by atoms with Gasteiger partial charge in [-0.15, -0.1) is 0 Å². The largest absolute Gasteiger partial charge is 0.393 e. The van der Waals surface area contributed by atoms with E-state index in [0.717, 1.165) is 31.4 Å². The third kappa shape index (κ3) is 4.03. The van der Waals surface area contributed by atoms with Crippen molar-refractivity contribution in [2.75, 3.05) is 0 Å². The first kappa shape index (κ1) is 14.0. The minimum Gasteiger partial charge on any atom is -0.393 e. The van der Waals surface area contributed by atoms with E-state index in [0.29, 0.717) is 6.42 Å². The van der Waals surface area contributed by atoms with Gasteiger partial charge in [0.05, 0.1) is 17.8 Å². The maximum atomic E-state index is 12.0. The number of nitrogens with zero attached hydrogens (tertiary/aromatic N) is 1. The number of aliphatic hydroxyl groups excluding tert-OH is 1. The predicted octanol–water partition coefficient (Wildman–Crippen LogP) is 2.20. The summed E-state index contributed by atoms with van der Waals surface area (Å²) >= 11 is 0. The van der Waals surface area contributed by atoms with Crippen molar-refractivity contribution in [2.24, 2.45) is 5.92 Å². The second-order valence-electron chi connectivity index (χ2n) is 5.36. The van der Waals surface area contributed by atoms with Crippen molar-refractivity contribution in [1.29, 1.82) is 0 Å². The van der Waals surface area contributed by atoms with Crippen LogP contribution < -0.4 is 5.32 Å². The molecule has 4 heteroatoms. The lowest BCUT2D eigenvalue weighted by Crippen LogP contribution is -2.33. The van der Waals surface area contributed by atoms with Crippen LogP contribution in [0.1, 0.15) is 50.8 Å². The first-order valence-electron chi connectivity index (χ1n) is 7.05. The molecule has 1 aliphatic carbocycles. The zero-order valence-electron chi connectivity index (χ0n) is 11.4. The van der Waals surface area contributed by atoms with Crippen LogP contribution in [0.3, 0.4) is 0 Å². The molecule has 0 saturated heterocycles. The Morgan fingerprint density at radius 2 is 2.26 bits per heavy atom. The standard InChI is InChI=1S/C15H22N2O2/c1-11(13-7-4-5-9-16-13)17-15(19)10-12-6-2-3-8-14(12)18/h4-5,7,9,11-12,14,18H,2-3,6,8,10H2,1H3,(H,17,19)/t11?,12-,14+/m0/s1. The van der Waals surface area contributed by atoms with Gasteiger partial charge in [-0.1, -0.05) is 18.9 Å². The monoisotopic (exact) mass is 262 g/mol. The van der Waals surface area contributed by atoms with Gasteiger partial charge in [0, 0.05) is 12.6 Å². The van der Waals surface area contributed by atoms with E-state index in [4.69, 9.17) is 0 Å². The fourth-order valence-electron chi connectivity index (χ4n) is 2.67. The molecule has 2 rings (SSSR count). The van der Waals surface area contributed by atoms with E-state index in [-0.39, 0.29) is 24.0 Å². The van der Waals surface area contributed by atoms with Crippen LogP contribution in [0.15, 0.2) is 24.4 Å². The average Bonchev–Trinajstić information content (AvgIpc) is 2.42. The van der Waals surface area contributed by atoms with Crippen molar-refractivity contribution >= 4 is 5.91 Å². The third-order valence-corrected chi connectivity index (χ3v) is 3.83. The highest BCUT2D eigenvalue weighted by atomic mass is 16.3. The molecule has 0 bridgehead atoms. The lowest BCUT2D eigenvalue weighted by molar-refractivity contribution is -0.124. The van der Waals surface area contributed by atoms with Crippen LogP contribution in [0, 0.1) is 5.92 Å². The smallest absolute Gasteiger partial charge is 0.220 e. The van der Waals surface area contributed by atoms with Crippen LogP contribution in [0.5, 0.6) is 0 Å². The highest BCUT2D eigenvalue weighted by molar-refractivity contribution is 5.76. The Kier molecular flexibility index (Phi) is 4.91. The Labute approximate surface area is 114 Å². The van der Waals surface area contributed by atoms with Crippen molar-refractivity contribution in [3.63, 3.8) is 0 Å². The molecular formula is C15H22N2O2. The number of carbonyl (C=O) groups is 1. The number of pyridine rings is 1. The van der Waals surface area contributed by atoms with Gasteiger partial charge >= 0.3 is 0 Å². The van der Waals surface area contributed by atoms with E-state index in [9.17, 15) is 9.90 Å². The molecule has 0 aromatic carbocycles. The Hall–Kier alpha value is -1.42. The van der Waals surface area contributed by atoms with Gasteiger partial charge in [0.25, 0.3) is 0 Å². The van der Waals surface area contributed by atoms with E-state index in [1.54, 1.807) is 6.20 Å². The van der Waals surface area contributed by atoms with Gasteiger partial charge < -0.3 is 10.4 Å². The molecule has 1 unspecified atom stereocenters. The van der Waals surface area contributed by atoms with Crippen LogP contribution in [-0.2, 0) is 4.79 Å². The quantitative estimate of drug-likeness (QED) is 0.874. The molecular weight excluding hydrogens is 240 g/mol.